The molecule has 0 radical (unpaired) electrons. The van der Waals surface area contributed by atoms with Crippen LogP contribution in [0.15, 0.2) is 18.2 Å². The minimum atomic E-state index is -0.102. The Morgan fingerprint density at radius 3 is 2.92 bits per heavy atom. The zero-order valence-electron chi connectivity index (χ0n) is 7.28. The summed E-state index contributed by atoms with van der Waals surface area (Å²) >= 11 is 0. The first kappa shape index (κ1) is 8.34. The van der Waals surface area contributed by atoms with Crippen molar-refractivity contribution in [2.45, 2.75) is 13.0 Å². The quantitative estimate of drug-likeness (QED) is 0.678. The largest absolute Gasteiger partial charge is 0.454 e. The van der Waals surface area contributed by atoms with Gasteiger partial charge in [0.05, 0.1) is 6.04 Å². The predicted molar refractivity (Wildman–Crippen MR) is 45.9 cm³/mol. The Hall–Kier alpha value is -1.26. The second-order valence-electron chi connectivity index (χ2n) is 2.96. The SMILES string of the molecule is CC(NO)c1ccc2c(c1)OCO2. The molecule has 1 aliphatic heterocycles. The van der Waals surface area contributed by atoms with E-state index in [1.54, 1.807) is 0 Å². The lowest BCUT2D eigenvalue weighted by Crippen LogP contribution is -2.12. The summed E-state index contributed by atoms with van der Waals surface area (Å²) in [5, 5.41) is 8.71. The molecule has 4 heteroatoms. The van der Waals surface area contributed by atoms with Crippen LogP contribution in [-0.2, 0) is 0 Å². The van der Waals surface area contributed by atoms with Crippen LogP contribution < -0.4 is 15.0 Å². The van der Waals surface area contributed by atoms with Gasteiger partial charge in [0.1, 0.15) is 0 Å². The molecule has 0 fully saturated rings. The van der Waals surface area contributed by atoms with Gasteiger partial charge in [0.15, 0.2) is 11.5 Å². The molecule has 0 saturated heterocycles. The number of rotatable bonds is 2. The molecule has 1 aromatic rings. The fourth-order valence-corrected chi connectivity index (χ4v) is 1.26. The van der Waals surface area contributed by atoms with Gasteiger partial charge in [0.25, 0.3) is 0 Å². The van der Waals surface area contributed by atoms with Gasteiger partial charge in [-0.15, -0.1) is 0 Å². The first-order valence-electron chi connectivity index (χ1n) is 4.10. The second-order valence-corrected chi connectivity index (χ2v) is 2.96. The number of hydrogen-bond donors (Lipinski definition) is 2. The Labute approximate surface area is 76.0 Å². The Morgan fingerprint density at radius 1 is 1.38 bits per heavy atom. The zero-order chi connectivity index (χ0) is 9.26. The Balaban J connectivity index is 2.30. The van der Waals surface area contributed by atoms with E-state index in [0.717, 1.165) is 17.1 Å². The molecule has 13 heavy (non-hydrogen) atoms. The van der Waals surface area contributed by atoms with Gasteiger partial charge in [-0.25, -0.2) is 0 Å². The summed E-state index contributed by atoms with van der Waals surface area (Å²) < 4.78 is 10.4. The Kier molecular flexibility index (Phi) is 2.08. The molecule has 2 N–H and O–H groups in total. The summed E-state index contributed by atoms with van der Waals surface area (Å²) in [6.45, 7) is 2.14. The summed E-state index contributed by atoms with van der Waals surface area (Å²) in [5.41, 5.74) is 3.14. The van der Waals surface area contributed by atoms with E-state index in [4.69, 9.17) is 14.7 Å². The van der Waals surface area contributed by atoms with E-state index in [-0.39, 0.29) is 12.8 Å². The van der Waals surface area contributed by atoms with Crippen LogP contribution in [-0.4, -0.2) is 12.0 Å². The molecule has 0 aromatic heterocycles. The number of fused-ring (bicyclic) bond motifs is 1. The lowest BCUT2D eigenvalue weighted by Gasteiger charge is -2.09. The molecular formula is C9H11NO3. The third kappa shape index (κ3) is 1.46. The molecule has 0 amide bonds. The minimum absolute atomic E-state index is 0.102. The van der Waals surface area contributed by atoms with Crippen LogP contribution in [0.1, 0.15) is 18.5 Å². The Bertz CT molecular complexity index is 314. The molecule has 1 aromatic carbocycles. The fourth-order valence-electron chi connectivity index (χ4n) is 1.26. The third-order valence-electron chi connectivity index (χ3n) is 2.09. The average Bonchev–Trinajstić information content (AvgIpc) is 2.63. The highest BCUT2D eigenvalue weighted by Gasteiger charge is 2.14. The first-order valence-corrected chi connectivity index (χ1v) is 4.10. The zero-order valence-corrected chi connectivity index (χ0v) is 7.28. The Morgan fingerprint density at radius 2 is 2.15 bits per heavy atom. The van der Waals surface area contributed by atoms with Crippen LogP contribution in [0.25, 0.3) is 0 Å². The number of hydroxylamine groups is 1. The molecule has 1 aliphatic rings. The van der Waals surface area contributed by atoms with Crippen molar-refractivity contribution in [1.82, 2.24) is 5.48 Å². The molecule has 0 bridgehead atoms. The molecular weight excluding hydrogens is 170 g/mol. The highest BCUT2D eigenvalue weighted by molar-refractivity contribution is 5.45. The van der Waals surface area contributed by atoms with Crippen molar-refractivity contribution in [2.75, 3.05) is 6.79 Å². The fraction of sp³-hybridized carbons (Fsp3) is 0.333. The summed E-state index contributed by atoms with van der Waals surface area (Å²) in [6.07, 6.45) is 0. The molecule has 0 spiro atoms. The van der Waals surface area contributed by atoms with Crippen molar-refractivity contribution < 1.29 is 14.7 Å². The maximum absolute atomic E-state index is 8.71. The molecule has 0 aliphatic carbocycles. The molecule has 1 heterocycles. The van der Waals surface area contributed by atoms with Crippen molar-refractivity contribution in [3.8, 4) is 11.5 Å². The van der Waals surface area contributed by atoms with Gasteiger partial charge in [-0.1, -0.05) is 6.07 Å². The number of ether oxygens (including phenoxy) is 2. The molecule has 70 valence electrons. The summed E-state index contributed by atoms with van der Waals surface area (Å²) in [4.78, 5) is 0. The van der Waals surface area contributed by atoms with Crippen LogP contribution in [0, 0.1) is 0 Å². The van der Waals surface area contributed by atoms with Gasteiger partial charge in [-0.05, 0) is 24.6 Å². The molecule has 4 nitrogen and oxygen atoms in total. The number of nitrogens with one attached hydrogen (secondary N) is 1. The molecule has 2 rings (SSSR count). The van der Waals surface area contributed by atoms with Gasteiger partial charge in [0, 0.05) is 0 Å². The maximum Gasteiger partial charge on any atom is 0.231 e. The minimum Gasteiger partial charge on any atom is -0.454 e. The van der Waals surface area contributed by atoms with Crippen molar-refractivity contribution in [3.05, 3.63) is 23.8 Å². The van der Waals surface area contributed by atoms with Gasteiger partial charge in [-0.2, -0.15) is 5.48 Å². The van der Waals surface area contributed by atoms with E-state index in [0.29, 0.717) is 0 Å². The second kappa shape index (κ2) is 3.24. The monoisotopic (exact) mass is 181 g/mol. The first-order chi connectivity index (χ1) is 6.31. The third-order valence-corrected chi connectivity index (χ3v) is 2.09. The number of hydrogen-bond acceptors (Lipinski definition) is 4. The van der Waals surface area contributed by atoms with E-state index in [2.05, 4.69) is 5.48 Å². The van der Waals surface area contributed by atoms with E-state index >= 15 is 0 Å². The maximum atomic E-state index is 8.71. The highest BCUT2D eigenvalue weighted by Crippen LogP contribution is 2.33. The van der Waals surface area contributed by atoms with E-state index in [9.17, 15) is 0 Å². The van der Waals surface area contributed by atoms with Gasteiger partial charge < -0.3 is 14.7 Å². The predicted octanol–water partition coefficient (Wildman–Crippen LogP) is 1.46. The molecule has 1 unspecified atom stereocenters. The summed E-state index contributed by atoms with van der Waals surface area (Å²) in [5.74, 6) is 1.49. The van der Waals surface area contributed by atoms with Crippen LogP contribution in [0.3, 0.4) is 0 Å². The average molecular weight is 181 g/mol. The van der Waals surface area contributed by atoms with Crippen molar-refractivity contribution in [1.29, 1.82) is 0 Å². The van der Waals surface area contributed by atoms with Crippen molar-refractivity contribution in [2.24, 2.45) is 0 Å². The summed E-state index contributed by atoms with van der Waals surface area (Å²) in [6, 6.07) is 5.48. The van der Waals surface area contributed by atoms with Gasteiger partial charge in [-0.3, -0.25) is 0 Å². The lowest BCUT2D eigenvalue weighted by molar-refractivity contribution is 0.133. The van der Waals surface area contributed by atoms with E-state index in [1.807, 2.05) is 25.1 Å². The number of benzene rings is 1. The van der Waals surface area contributed by atoms with Crippen LogP contribution in [0.2, 0.25) is 0 Å². The smallest absolute Gasteiger partial charge is 0.231 e. The summed E-state index contributed by atoms with van der Waals surface area (Å²) in [7, 11) is 0. The lowest BCUT2D eigenvalue weighted by atomic mass is 10.1. The van der Waals surface area contributed by atoms with Gasteiger partial charge in [0.2, 0.25) is 6.79 Å². The molecule has 0 saturated carbocycles. The van der Waals surface area contributed by atoms with E-state index < -0.39 is 0 Å². The van der Waals surface area contributed by atoms with Crippen LogP contribution in [0.5, 0.6) is 11.5 Å². The van der Waals surface area contributed by atoms with Gasteiger partial charge >= 0.3 is 0 Å². The standard InChI is InChI=1S/C9H11NO3/c1-6(10-11)7-2-3-8-9(4-7)13-5-12-8/h2-4,6,10-11H,5H2,1H3. The van der Waals surface area contributed by atoms with Crippen molar-refractivity contribution in [3.63, 3.8) is 0 Å². The van der Waals surface area contributed by atoms with Crippen LogP contribution >= 0.6 is 0 Å². The highest BCUT2D eigenvalue weighted by atomic mass is 16.7. The van der Waals surface area contributed by atoms with Crippen LogP contribution in [0.4, 0.5) is 0 Å². The van der Waals surface area contributed by atoms with Crippen molar-refractivity contribution >= 4 is 0 Å². The van der Waals surface area contributed by atoms with E-state index in [1.165, 1.54) is 0 Å². The normalized spacial score (nSPS) is 15.8. The topological polar surface area (TPSA) is 50.7 Å². The molecule has 1 atom stereocenters.